The molecule has 0 spiro atoms. The molecular formula is C21H21N5O4. The number of fused-ring (bicyclic) bond motifs is 1. The Morgan fingerprint density at radius 2 is 2.07 bits per heavy atom. The van der Waals surface area contributed by atoms with Gasteiger partial charge in [-0.1, -0.05) is 0 Å². The minimum atomic E-state index is -0.570. The van der Waals surface area contributed by atoms with Crippen molar-refractivity contribution in [3.05, 3.63) is 47.8 Å². The summed E-state index contributed by atoms with van der Waals surface area (Å²) in [7, 11) is 0. The predicted octanol–water partition coefficient (Wildman–Crippen LogP) is 1.69. The minimum Gasteiger partial charge on any atom is -0.490 e. The Labute approximate surface area is 172 Å². The van der Waals surface area contributed by atoms with Crippen LogP contribution < -0.4 is 20.5 Å². The molecule has 2 aromatic heterocycles. The first kappa shape index (κ1) is 19.4. The molecule has 0 radical (unpaired) electrons. The summed E-state index contributed by atoms with van der Waals surface area (Å²) in [6, 6.07) is 8.82. The van der Waals surface area contributed by atoms with E-state index in [2.05, 4.69) is 20.3 Å². The molecule has 0 atom stereocenters. The molecule has 154 valence electrons. The molecule has 3 heterocycles. The normalized spacial score (nSPS) is 12.8. The number of ether oxygens (including phenoxy) is 2. The number of nitrogens with zero attached hydrogens (tertiary/aromatic N) is 2. The van der Waals surface area contributed by atoms with Crippen LogP contribution in [0, 0.1) is 0 Å². The Bertz CT molecular complexity index is 1110. The highest BCUT2D eigenvalue weighted by molar-refractivity contribution is 5.97. The second-order valence-electron chi connectivity index (χ2n) is 6.70. The lowest BCUT2D eigenvalue weighted by molar-refractivity contribution is -0.119. The predicted molar refractivity (Wildman–Crippen MR) is 109 cm³/mol. The van der Waals surface area contributed by atoms with E-state index in [0.717, 1.165) is 23.4 Å². The topological polar surface area (TPSA) is 132 Å². The lowest BCUT2D eigenvalue weighted by Gasteiger charge is -2.12. The molecule has 3 aromatic rings. The van der Waals surface area contributed by atoms with Crippen molar-refractivity contribution >= 4 is 11.8 Å². The number of aromatic amines is 1. The Balaban J connectivity index is 1.66. The van der Waals surface area contributed by atoms with Gasteiger partial charge in [-0.15, -0.1) is 0 Å². The number of nitrogens with one attached hydrogen (secondary N) is 2. The van der Waals surface area contributed by atoms with Gasteiger partial charge in [0.05, 0.1) is 23.6 Å². The van der Waals surface area contributed by atoms with E-state index in [4.69, 9.17) is 15.2 Å². The SMILES string of the molecule is CCOc1cc(-c2nccc(-c3cc4c([nH]3)CCNC4=O)n2)ccc1OCC(N)=O. The Morgan fingerprint density at radius 1 is 1.20 bits per heavy atom. The number of benzene rings is 1. The average molecular weight is 407 g/mol. The number of H-pyrrole nitrogens is 1. The zero-order valence-electron chi connectivity index (χ0n) is 16.4. The van der Waals surface area contributed by atoms with Gasteiger partial charge in [-0.25, -0.2) is 9.97 Å². The van der Waals surface area contributed by atoms with Gasteiger partial charge < -0.3 is 25.5 Å². The Kier molecular flexibility index (Phi) is 5.34. The number of carbonyl (C=O) groups excluding carboxylic acids is 2. The quantitative estimate of drug-likeness (QED) is 0.546. The number of aromatic nitrogens is 3. The van der Waals surface area contributed by atoms with E-state index in [1.165, 1.54) is 0 Å². The lowest BCUT2D eigenvalue weighted by Crippen LogP contribution is -2.31. The molecule has 30 heavy (non-hydrogen) atoms. The Morgan fingerprint density at radius 3 is 2.83 bits per heavy atom. The fourth-order valence-corrected chi connectivity index (χ4v) is 3.26. The zero-order chi connectivity index (χ0) is 21.1. The van der Waals surface area contributed by atoms with Crippen molar-refractivity contribution in [1.29, 1.82) is 0 Å². The van der Waals surface area contributed by atoms with Gasteiger partial charge in [0.15, 0.2) is 23.9 Å². The van der Waals surface area contributed by atoms with Crippen LogP contribution in [-0.4, -0.2) is 46.5 Å². The third-order valence-electron chi connectivity index (χ3n) is 4.61. The van der Waals surface area contributed by atoms with Crippen molar-refractivity contribution < 1.29 is 19.1 Å². The molecule has 1 aliphatic heterocycles. The standard InChI is InChI=1S/C21H21N5O4/c1-2-29-18-9-12(3-4-17(18)30-11-19(22)27)20-23-7-6-15(26-20)16-10-13-14(25-16)5-8-24-21(13)28/h3-4,6-7,9-10,25H,2,5,8,11H2,1H3,(H2,22,27)(H,24,28). The van der Waals surface area contributed by atoms with Gasteiger partial charge in [-0.05, 0) is 37.3 Å². The van der Waals surface area contributed by atoms with Gasteiger partial charge in [-0.3, -0.25) is 9.59 Å². The maximum atomic E-state index is 12.0. The summed E-state index contributed by atoms with van der Waals surface area (Å²) in [4.78, 5) is 35.3. The molecule has 0 fully saturated rings. The highest BCUT2D eigenvalue weighted by atomic mass is 16.5. The molecule has 9 heteroatoms. The van der Waals surface area contributed by atoms with E-state index in [0.29, 0.717) is 41.7 Å². The molecule has 1 aromatic carbocycles. The van der Waals surface area contributed by atoms with Crippen LogP contribution in [0.4, 0.5) is 0 Å². The second kappa shape index (κ2) is 8.24. The number of primary amides is 1. The van der Waals surface area contributed by atoms with Gasteiger partial charge >= 0.3 is 0 Å². The first-order valence-electron chi connectivity index (χ1n) is 9.57. The molecule has 0 unspecified atom stereocenters. The van der Waals surface area contributed by atoms with E-state index >= 15 is 0 Å². The third kappa shape index (κ3) is 3.95. The number of nitrogens with two attached hydrogens (primary N) is 1. The first-order valence-corrected chi connectivity index (χ1v) is 9.57. The fourth-order valence-electron chi connectivity index (χ4n) is 3.26. The maximum absolute atomic E-state index is 12.0. The summed E-state index contributed by atoms with van der Waals surface area (Å²) in [5, 5.41) is 2.83. The summed E-state index contributed by atoms with van der Waals surface area (Å²) in [5.41, 5.74) is 8.85. The molecule has 2 amide bonds. The molecule has 4 rings (SSSR count). The molecule has 1 aliphatic rings. The van der Waals surface area contributed by atoms with Crippen LogP contribution in [0.1, 0.15) is 23.0 Å². The Hall–Kier alpha value is -3.88. The van der Waals surface area contributed by atoms with Crippen LogP contribution in [0.25, 0.3) is 22.8 Å². The van der Waals surface area contributed by atoms with Crippen LogP contribution in [0.2, 0.25) is 0 Å². The number of hydrogen-bond acceptors (Lipinski definition) is 6. The molecule has 4 N–H and O–H groups in total. The van der Waals surface area contributed by atoms with E-state index in [9.17, 15) is 9.59 Å². The summed E-state index contributed by atoms with van der Waals surface area (Å²) in [6.07, 6.45) is 2.42. The number of amides is 2. The average Bonchev–Trinajstić information content (AvgIpc) is 3.19. The van der Waals surface area contributed by atoms with Crippen molar-refractivity contribution in [3.8, 4) is 34.3 Å². The zero-order valence-corrected chi connectivity index (χ0v) is 16.4. The molecule has 9 nitrogen and oxygen atoms in total. The van der Waals surface area contributed by atoms with E-state index in [-0.39, 0.29) is 12.5 Å². The van der Waals surface area contributed by atoms with Crippen LogP contribution in [-0.2, 0) is 11.2 Å². The molecule has 0 bridgehead atoms. The first-order chi connectivity index (χ1) is 14.5. The van der Waals surface area contributed by atoms with Crippen LogP contribution >= 0.6 is 0 Å². The number of carbonyl (C=O) groups is 2. The third-order valence-corrected chi connectivity index (χ3v) is 4.61. The van der Waals surface area contributed by atoms with Gasteiger partial charge in [0.1, 0.15) is 0 Å². The summed E-state index contributed by atoms with van der Waals surface area (Å²) >= 11 is 0. The van der Waals surface area contributed by atoms with Crippen molar-refractivity contribution in [2.45, 2.75) is 13.3 Å². The van der Waals surface area contributed by atoms with Crippen molar-refractivity contribution in [2.24, 2.45) is 5.73 Å². The van der Waals surface area contributed by atoms with Crippen molar-refractivity contribution in [1.82, 2.24) is 20.3 Å². The summed E-state index contributed by atoms with van der Waals surface area (Å²) < 4.78 is 11.0. The molecule has 0 aliphatic carbocycles. The number of rotatable bonds is 7. The van der Waals surface area contributed by atoms with Gasteiger partial charge in [0.25, 0.3) is 11.8 Å². The minimum absolute atomic E-state index is 0.0825. The summed E-state index contributed by atoms with van der Waals surface area (Å²) in [6.45, 7) is 2.65. The van der Waals surface area contributed by atoms with Gasteiger partial charge in [0, 0.05) is 30.4 Å². The monoisotopic (exact) mass is 407 g/mol. The maximum Gasteiger partial charge on any atom is 0.255 e. The largest absolute Gasteiger partial charge is 0.490 e. The molecular weight excluding hydrogens is 386 g/mol. The fraction of sp³-hybridized carbons (Fsp3) is 0.238. The van der Waals surface area contributed by atoms with Gasteiger partial charge in [0.2, 0.25) is 0 Å². The lowest BCUT2D eigenvalue weighted by atomic mass is 10.1. The van der Waals surface area contributed by atoms with Crippen molar-refractivity contribution in [2.75, 3.05) is 19.8 Å². The number of hydrogen-bond donors (Lipinski definition) is 3. The van der Waals surface area contributed by atoms with Gasteiger partial charge in [-0.2, -0.15) is 0 Å². The highest BCUT2D eigenvalue weighted by Crippen LogP contribution is 2.32. The van der Waals surface area contributed by atoms with Crippen LogP contribution in [0.5, 0.6) is 11.5 Å². The van der Waals surface area contributed by atoms with Crippen LogP contribution in [0.15, 0.2) is 36.5 Å². The van der Waals surface area contributed by atoms with E-state index in [1.807, 2.05) is 13.0 Å². The van der Waals surface area contributed by atoms with E-state index in [1.54, 1.807) is 30.5 Å². The smallest absolute Gasteiger partial charge is 0.255 e. The highest BCUT2D eigenvalue weighted by Gasteiger charge is 2.20. The molecule has 0 saturated heterocycles. The summed E-state index contributed by atoms with van der Waals surface area (Å²) in [5.74, 6) is 0.726. The van der Waals surface area contributed by atoms with Crippen LogP contribution in [0.3, 0.4) is 0 Å². The molecule has 0 saturated carbocycles. The van der Waals surface area contributed by atoms with E-state index < -0.39 is 5.91 Å². The van der Waals surface area contributed by atoms with Crippen molar-refractivity contribution in [3.63, 3.8) is 0 Å². The second-order valence-corrected chi connectivity index (χ2v) is 6.70.